The number of nitrogens with one attached hydrogen (secondary N) is 2. The maximum atomic E-state index is 13.1. The highest BCUT2D eigenvalue weighted by Gasteiger charge is 2.36. The van der Waals surface area contributed by atoms with Gasteiger partial charge in [0.1, 0.15) is 6.23 Å². The van der Waals surface area contributed by atoms with Gasteiger partial charge in [0.05, 0.1) is 10.3 Å². The highest BCUT2D eigenvalue weighted by atomic mass is 32.2. The monoisotopic (exact) mass is 408 g/mol. The van der Waals surface area contributed by atoms with Crippen molar-refractivity contribution in [2.75, 3.05) is 5.32 Å². The number of hydrogen-bond acceptors (Lipinski definition) is 4. The Hall–Kier alpha value is -1.32. The average molecular weight is 408 g/mol. The molecule has 0 spiro atoms. The fourth-order valence-electron chi connectivity index (χ4n) is 3.08. The van der Waals surface area contributed by atoms with Gasteiger partial charge in [0.2, 0.25) is 10.0 Å². The molecule has 154 valence electrons. The molecule has 5 nitrogen and oxygen atoms in total. The highest BCUT2D eigenvalue weighted by Crippen LogP contribution is 2.36. The molecule has 1 fully saturated rings. The molecule has 1 aromatic rings. The first-order chi connectivity index (χ1) is 12.3. The Labute approximate surface area is 158 Å². The number of benzene rings is 1. The van der Waals surface area contributed by atoms with E-state index in [0.29, 0.717) is 25.7 Å². The predicted molar refractivity (Wildman–Crippen MR) is 98.6 cm³/mol. The van der Waals surface area contributed by atoms with Gasteiger partial charge in [-0.1, -0.05) is 12.1 Å². The summed E-state index contributed by atoms with van der Waals surface area (Å²) >= 11 is 0. The van der Waals surface area contributed by atoms with Crippen LogP contribution in [0.1, 0.15) is 52.0 Å². The second-order valence-corrected chi connectivity index (χ2v) is 10.4. The maximum absolute atomic E-state index is 13.1. The molecule has 0 aliphatic heterocycles. The molecule has 27 heavy (non-hydrogen) atoms. The molecular formula is C18H27F3N2O3S. The minimum absolute atomic E-state index is 0.159. The normalized spacial score (nSPS) is 23.1. The van der Waals surface area contributed by atoms with E-state index in [4.69, 9.17) is 0 Å². The van der Waals surface area contributed by atoms with Crippen molar-refractivity contribution in [2.45, 2.75) is 69.6 Å². The lowest BCUT2D eigenvalue weighted by Gasteiger charge is -2.34. The summed E-state index contributed by atoms with van der Waals surface area (Å²) in [6.07, 6.45) is -3.56. The van der Waals surface area contributed by atoms with Crippen LogP contribution in [-0.2, 0) is 16.2 Å². The van der Waals surface area contributed by atoms with Crippen LogP contribution >= 0.6 is 0 Å². The topological polar surface area (TPSA) is 78.4 Å². The Kier molecular flexibility index (Phi) is 6.48. The van der Waals surface area contributed by atoms with Crippen LogP contribution in [0.5, 0.6) is 0 Å². The Balaban J connectivity index is 1.96. The predicted octanol–water partition coefficient (Wildman–Crippen LogP) is 3.71. The molecule has 0 heterocycles. The molecule has 1 unspecified atom stereocenters. The third kappa shape index (κ3) is 5.58. The molecule has 0 bridgehead atoms. The number of aliphatic hydroxyl groups excluding tert-OH is 1. The summed E-state index contributed by atoms with van der Waals surface area (Å²) < 4.78 is 65.4. The third-order valence-corrected chi connectivity index (χ3v) is 7.14. The molecule has 0 aromatic heterocycles. The summed E-state index contributed by atoms with van der Waals surface area (Å²) in [5, 5.41) is 12.9. The molecule has 0 radical (unpaired) electrons. The first-order valence-corrected chi connectivity index (χ1v) is 10.4. The molecule has 1 saturated carbocycles. The largest absolute Gasteiger partial charge is 0.418 e. The average Bonchev–Trinajstić information content (AvgIpc) is 2.53. The minimum Gasteiger partial charge on any atom is -0.374 e. The molecule has 3 N–H and O–H groups in total. The second-order valence-electron chi connectivity index (χ2n) is 7.98. The fraction of sp³-hybridized carbons (Fsp3) is 0.667. The zero-order valence-corrected chi connectivity index (χ0v) is 16.5. The van der Waals surface area contributed by atoms with Gasteiger partial charge >= 0.3 is 6.18 Å². The van der Waals surface area contributed by atoms with Crippen molar-refractivity contribution >= 4 is 15.7 Å². The molecule has 9 heteroatoms. The zero-order chi connectivity index (χ0) is 20.5. The van der Waals surface area contributed by atoms with Gasteiger partial charge in [-0.05, 0) is 58.6 Å². The van der Waals surface area contributed by atoms with Crippen LogP contribution in [-0.4, -0.2) is 30.5 Å². The maximum Gasteiger partial charge on any atom is 0.418 e. The van der Waals surface area contributed by atoms with Gasteiger partial charge in [0, 0.05) is 17.6 Å². The van der Waals surface area contributed by atoms with E-state index in [9.17, 15) is 26.7 Å². The number of aliphatic hydroxyl groups is 1. The van der Waals surface area contributed by atoms with Gasteiger partial charge in [0.25, 0.3) is 0 Å². The lowest BCUT2D eigenvalue weighted by molar-refractivity contribution is -0.137. The van der Waals surface area contributed by atoms with Crippen LogP contribution in [0.15, 0.2) is 24.3 Å². The van der Waals surface area contributed by atoms with E-state index in [-0.39, 0.29) is 17.6 Å². The first kappa shape index (κ1) is 22.0. The van der Waals surface area contributed by atoms with E-state index in [1.165, 1.54) is 18.2 Å². The summed E-state index contributed by atoms with van der Waals surface area (Å²) in [5.74, 6) is -0.248. The SMILES string of the molecule is CC(C)(C)S(=O)(=O)NC1CCC(C(O)Nc2ccccc2C(F)(F)F)CC1. The lowest BCUT2D eigenvalue weighted by atomic mass is 9.85. The quantitative estimate of drug-likeness (QED) is 0.649. The van der Waals surface area contributed by atoms with E-state index in [2.05, 4.69) is 10.0 Å². The van der Waals surface area contributed by atoms with Crippen LogP contribution in [0.25, 0.3) is 0 Å². The number of anilines is 1. The molecule has 0 saturated heterocycles. The zero-order valence-electron chi connectivity index (χ0n) is 15.7. The van der Waals surface area contributed by atoms with Gasteiger partial charge in [-0.3, -0.25) is 0 Å². The van der Waals surface area contributed by atoms with Crippen molar-refractivity contribution in [1.82, 2.24) is 4.72 Å². The smallest absolute Gasteiger partial charge is 0.374 e. The van der Waals surface area contributed by atoms with Crippen molar-refractivity contribution < 1.29 is 26.7 Å². The van der Waals surface area contributed by atoms with Crippen molar-refractivity contribution in [3.05, 3.63) is 29.8 Å². The highest BCUT2D eigenvalue weighted by molar-refractivity contribution is 7.90. The minimum atomic E-state index is -4.51. The van der Waals surface area contributed by atoms with Crippen molar-refractivity contribution in [3.63, 3.8) is 0 Å². The third-order valence-electron chi connectivity index (χ3n) is 4.88. The van der Waals surface area contributed by atoms with Gasteiger partial charge in [-0.2, -0.15) is 13.2 Å². The van der Waals surface area contributed by atoms with Crippen molar-refractivity contribution in [1.29, 1.82) is 0 Å². The molecule has 1 aliphatic carbocycles. The number of para-hydroxylation sites is 1. The summed E-state index contributed by atoms with van der Waals surface area (Å²) in [5.41, 5.74) is -0.983. The van der Waals surface area contributed by atoms with Gasteiger partial charge < -0.3 is 10.4 Å². The van der Waals surface area contributed by atoms with Crippen LogP contribution in [0.4, 0.5) is 18.9 Å². The number of halogens is 3. The molecule has 1 atom stereocenters. The molecule has 2 rings (SSSR count). The molecule has 1 aromatic carbocycles. The number of rotatable bonds is 5. The summed E-state index contributed by atoms with van der Waals surface area (Å²) in [6.45, 7) is 4.85. The van der Waals surface area contributed by atoms with Gasteiger partial charge in [0.15, 0.2) is 0 Å². The second kappa shape index (κ2) is 7.97. The summed E-state index contributed by atoms with van der Waals surface area (Å²) in [4.78, 5) is 0. The van der Waals surface area contributed by atoms with Crippen LogP contribution < -0.4 is 10.0 Å². The Morgan fingerprint density at radius 1 is 1.07 bits per heavy atom. The number of sulfonamides is 1. The first-order valence-electron chi connectivity index (χ1n) is 8.94. The van der Waals surface area contributed by atoms with E-state index >= 15 is 0 Å². The van der Waals surface area contributed by atoms with Gasteiger partial charge in [-0.15, -0.1) is 0 Å². The number of hydrogen-bond donors (Lipinski definition) is 3. The standard InChI is InChI=1S/C18H27F3N2O3S/c1-17(2,3)27(25,26)23-13-10-8-12(9-11-13)16(24)22-15-7-5-4-6-14(15)18(19,20)21/h4-7,12-13,16,22-24H,8-11H2,1-3H3. The van der Waals surface area contributed by atoms with E-state index in [1.807, 2.05) is 0 Å². The number of alkyl halides is 3. The van der Waals surface area contributed by atoms with Crippen LogP contribution in [0.3, 0.4) is 0 Å². The van der Waals surface area contributed by atoms with Crippen molar-refractivity contribution in [3.8, 4) is 0 Å². The Morgan fingerprint density at radius 2 is 1.63 bits per heavy atom. The van der Waals surface area contributed by atoms with Gasteiger partial charge in [-0.25, -0.2) is 13.1 Å². The van der Waals surface area contributed by atoms with Crippen LogP contribution in [0.2, 0.25) is 0 Å². The molecule has 1 aliphatic rings. The summed E-state index contributed by atoms with van der Waals surface area (Å²) in [7, 11) is -3.46. The molecular weight excluding hydrogens is 381 g/mol. The summed E-state index contributed by atoms with van der Waals surface area (Å²) in [6, 6.07) is 4.80. The lowest BCUT2D eigenvalue weighted by Crippen LogP contribution is -2.46. The Bertz CT molecular complexity index is 737. The fourth-order valence-corrected chi connectivity index (χ4v) is 4.11. The van der Waals surface area contributed by atoms with Crippen molar-refractivity contribution in [2.24, 2.45) is 5.92 Å². The van der Waals surface area contributed by atoms with E-state index in [0.717, 1.165) is 6.07 Å². The van der Waals surface area contributed by atoms with E-state index in [1.54, 1.807) is 20.8 Å². The van der Waals surface area contributed by atoms with E-state index < -0.39 is 32.7 Å². The Morgan fingerprint density at radius 3 is 2.15 bits per heavy atom. The molecule has 0 amide bonds. The van der Waals surface area contributed by atoms with Crippen LogP contribution in [0, 0.1) is 5.92 Å².